The third kappa shape index (κ3) is 4.30. The molecule has 2 aromatic carbocycles. The summed E-state index contributed by atoms with van der Waals surface area (Å²) < 4.78 is 10.9. The fourth-order valence-corrected chi connectivity index (χ4v) is 4.37. The summed E-state index contributed by atoms with van der Waals surface area (Å²) in [7, 11) is 3.34. The van der Waals surface area contributed by atoms with Gasteiger partial charge in [-0.2, -0.15) is 0 Å². The van der Waals surface area contributed by atoms with E-state index in [-0.39, 0.29) is 11.9 Å². The zero-order valence-electron chi connectivity index (χ0n) is 17.5. The Labute approximate surface area is 167 Å². The molecule has 2 aromatic rings. The maximum atomic E-state index is 12.8. The lowest BCUT2D eigenvalue weighted by atomic mass is 10.0. The van der Waals surface area contributed by atoms with Gasteiger partial charge in [-0.15, -0.1) is 0 Å². The molecular weight excluding hydrogens is 352 g/mol. The van der Waals surface area contributed by atoms with Gasteiger partial charge >= 0.3 is 0 Å². The molecule has 28 heavy (non-hydrogen) atoms. The number of anilines is 1. The van der Waals surface area contributed by atoms with E-state index < -0.39 is 0 Å². The summed E-state index contributed by atoms with van der Waals surface area (Å²) in [5.41, 5.74) is 5.51. The molecule has 1 fully saturated rings. The Morgan fingerprint density at radius 2 is 1.82 bits per heavy atom. The third-order valence-corrected chi connectivity index (χ3v) is 5.63. The minimum atomic E-state index is 0.0597. The number of benzene rings is 2. The lowest BCUT2D eigenvalue weighted by Gasteiger charge is -2.23. The van der Waals surface area contributed by atoms with Gasteiger partial charge < -0.3 is 19.7 Å². The molecule has 5 heteroatoms. The number of hydrogen-bond acceptors (Lipinski definition) is 3. The number of nitrogens with one attached hydrogen (secondary N) is 2. The molecule has 2 N–H and O–H groups in total. The molecule has 0 radical (unpaired) electrons. The zero-order chi connectivity index (χ0) is 20.3. The van der Waals surface area contributed by atoms with Gasteiger partial charge in [0.1, 0.15) is 17.5 Å². The maximum Gasteiger partial charge on any atom is 0.279 e. The Morgan fingerprint density at radius 1 is 1.11 bits per heavy atom. The van der Waals surface area contributed by atoms with Crippen molar-refractivity contribution in [3.05, 3.63) is 52.6 Å². The van der Waals surface area contributed by atoms with E-state index in [0.29, 0.717) is 6.54 Å². The molecule has 1 saturated heterocycles. The molecular formula is C23H31N2O3+. The number of aryl methyl sites for hydroxylation is 3. The molecule has 0 aromatic heterocycles. The summed E-state index contributed by atoms with van der Waals surface area (Å²) in [4.78, 5) is 14.1. The van der Waals surface area contributed by atoms with Gasteiger partial charge in [0.15, 0.2) is 6.54 Å². The van der Waals surface area contributed by atoms with Gasteiger partial charge in [-0.1, -0.05) is 17.7 Å². The van der Waals surface area contributed by atoms with Crippen molar-refractivity contribution >= 4 is 11.6 Å². The Bertz CT molecular complexity index is 840. The number of amides is 1. The predicted octanol–water partition coefficient (Wildman–Crippen LogP) is 2.99. The van der Waals surface area contributed by atoms with Gasteiger partial charge in [0, 0.05) is 24.6 Å². The number of carbonyl (C=O) groups is 1. The quantitative estimate of drug-likeness (QED) is 0.806. The molecule has 0 aliphatic carbocycles. The van der Waals surface area contributed by atoms with Crippen molar-refractivity contribution in [1.29, 1.82) is 0 Å². The highest BCUT2D eigenvalue weighted by Crippen LogP contribution is 2.31. The van der Waals surface area contributed by atoms with Crippen LogP contribution >= 0.6 is 0 Å². The number of likely N-dealkylation sites (tertiary alicyclic amines) is 1. The van der Waals surface area contributed by atoms with Crippen LogP contribution in [0.25, 0.3) is 0 Å². The van der Waals surface area contributed by atoms with Gasteiger partial charge in [-0.25, -0.2) is 0 Å². The van der Waals surface area contributed by atoms with E-state index in [1.54, 1.807) is 14.2 Å². The zero-order valence-corrected chi connectivity index (χ0v) is 17.5. The summed E-state index contributed by atoms with van der Waals surface area (Å²) in [6.07, 6.45) is 2.15. The Hall–Kier alpha value is -2.53. The number of methoxy groups -OCH3 is 2. The van der Waals surface area contributed by atoms with E-state index in [9.17, 15) is 4.79 Å². The van der Waals surface area contributed by atoms with Crippen LogP contribution in [0.1, 0.15) is 41.1 Å². The predicted molar refractivity (Wildman–Crippen MR) is 112 cm³/mol. The van der Waals surface area contributed by atoms with E-state index >= 15 is 0 Å². The molecule has 2 atom stereocenters. The SMILES string of the molecule is COc1ccc([C@@H]2CCC[NH+]2CC(=O)Nc2c(C)cc(C)cc2C)c(OC)c1. The number of quaternary nitrogens is 1. The average molecular weight is 384 g/mol. The first-order valence-electron chi connectivity index (χ1n) is 9.87. The highest BCUT2D eigenvalue weighted by molar-refractivity contribution is 5.93. The van der Waals surface area contributed by atoms with Crippen molar-refractivity contribution in [2.24, 2.45) is 0 Å². The molecule has 1 amide bonds. The van der Waals surface area contributed by atoms with Crippen LogP contribution < -0.4 is 19.7 Å². The lowest BCUT2D eigenvalue weighted by molar-refractivity contribution is -0.910. The second-order valence-electron chi connectivity index (χ2n) is 7.71. The Kier molecular flexibility index (Phi) is 6.25. The van der Waals surface area contributed by atoms with Gasteiger partial charge in [0.2, 0.25) is 0 Å². The van der Waals surface area contributed by atoms with E-state index in [1.807, 2.05) is 26.0 Å². The molecule has 5 nitrogen and oxygen atoms in total. The second kappa shape index (κ2) is 8.65. The molecule has 1 heterocycles. The van der Waals surface area contributed by atoms with Crippen LogP contribution in [0.2, 0.25) is 0 Å². The molecule has 150 valence electrons. The van der Waals surface area contributed by atoms with E-state index in [4.69, 9.17) is 9.47 Å². The van der Waals surface area contributed by atoms with Crippen molar-refractivity contribution in [3.8, 4) is 11.5 Å². The average Bonchev–Trinajstić information content (AvgIpc) is 3.11. The number of hydrogen-bond donors (Lipinski definition) is 2. The second-order valence-corrected chi connectivity index (χ2v) is 7.71. The van der Waals surface area contributed by atoms with Crippen LogP contribution in [0.4, 0.5) is 5.69 Å². The Morgan fingerprint density at radius 3 is 2.46 bits per heavy atom. The molecule has 1 aliphatic heterocycles. The van der Waals surface area contributed by atoms with Crippen LogP contribution in [-0.4, -0.2) is 33.2 Å². The third-order valence-electron chi connectivity index (χ3n) is 5.63. The fourth-order valence-electron chi connectivity index (χ4n) is 4.37. The first-order valence-corrected chi connectivity index (χ1v) is 9.87. The van der Waals surface area contributed by atoms with Crippen molar-refractivity contribution in [2.75, 3.05) is 32.6 Å². The number of rotatable bonds is 6. The summed E-state index contributed by atoms with van der Waals surface area (Å²) in [6.45, 7) is 7.60. The largest absolute Gasteiger partial charge is 0.497 e. The maximum absolute atomic E-state index is 12.8. The van der Waals surface area contributed by atoms with Gasteiger partial charge in [-0.05, 0) is 44.0 Å². The standard InChI is InChI=1S/C23H30N2O3/c1-15-11-16(2)23(17(3)12-15)24-22(26)14-25-10-6-7-20(25)19-9-8-18(27-4)13-21(19)28-5/h8-9,11-13,20H,6-7,10,14H2,1-5H3,(H,24,26)/p+1/t20-/m0/s1. The molecule has 0 bridgehead atoms. The van der Waals surface area contributed by atoms with Crippen LogP contribution in [0, 0.1) is 20.8 Å². The molecule has 1 aliphatic rings. The molecule has 0 spiro atoms. The van der Waals surface area contributed by atoms with Crippen LogP contribution in [-0.2, 0) is 4.79 Å². The van der Waals surface area contributed by atoms with Crippen molar-refractivity contribution < 1.29 is 19.2 Å². The highest BCUT2D eigenvalue weighted by atomic mass is 16.5. The monoisotopic (exact) mass is 383 g/mol. The fraction of sp³-hybridized carbons (Fsp3) is 0.435. The van der Waals surface area contributed by atoms with Crippen LogP contribution in [0.5, 0.6) is 11.5 Å². The highest BCUT2D eigenvalue weighted by Gasteiger charge is 2.33. The van der Waals surface area contributed by atoms with Crippen molar-refractivity contribution in [2.45, 2.75) is 39.7 Å². The normalized spacial score (nSPS) is 18.8. The minimum absolute atomic E-state index is 0.0597. The van der Waals surface area contributed by atoms with Gasteiger partial charge in [-0.3, -0.25) is 4.79 Å². The van der Waals surface area contributed by atoms with Crippen molar-refractivity contribution in [3.63, 3.8) is 0 Å². The lowest BCUT2D eigenvalue weighted by Crippen LogP contribution is -3.11. The Balaban J connectivity index is 1.75. The first-order chi connectivity index (χ1) is 13.4. The molecule has 0 saturated carbocycles. The van der Waals surface area contributed by atoms with E-state index in [2.05, 4.69) is 30.4 Å². The van der Waals surface area contributed by atoms with E-state index in [0.717, 1.165) is 53.3 Å². The molecule has 1 unspecified atom stereocenters. The topological polar surface area (TPSA) is 52.0 Å². The van der Waals surface area contributed by atoms with E-state index in [1.165, 1.54) is 10.5 Å². The van der Waals surface area contributed by atoms with Crippen LogP contribution in [0.15, 0.2) is 30.3 Å². The van der Waals surface area contributed by atoms with Crippen LogP contribution in [0.3, 0.4) is 0 Å². The summed E-state index contributed by atoms with van der Waals surface area (Å²) in [5.74, 6) is 1.67. The van der Waals surface area contributed by atoms with Gasteiger partial charge in [0.05, 0.1) is 26.3 Å². The van der Waals surface area contributed by atoms with Crippen molar-refractivity contribution in [1.82, 2.24) is 0 Å². The summed E-state index contributed by atoms with van der Waals surface area (Å²) in [5, 5.41) is 3.14. The van der Waals surface area contributed by atoms with Gasteiger partial charge in [0.25, 0.3) is 5.91 Å². The number of ether oxygens (including phenoxy) is 2. The first kappa shape index (κ1) is 20.2. The minimum Gasteiger partial charge on any atom is -0.497 e. The smallest absolute Gasteiger partial charge is 0.279 e. The summed E-state index contributed by atoms with van der Waals surface area (Å²) in [6, 6.07) is 10.4. The molecule has 3 rings (SSSR count). The number of carbonyl (C=O) groups excluding carboxylic acids is 1. The summed E-state index contributed by atoms with van der Waals surface area (Å²) >= 11 is 0.